The van der Waals surface area contributed by atoms with Crippen molar-refractivity contribution in [2.75, 3.05) is 4.72 Å². The van der Waals surface area contributed by atoms with E-state index in [2.05, 4.69) is 4.72 Å². The molecule has 0 aliphatic carbocycles. The van der Waals surface area contributed by atoms with Crippen LogP contribution in [0, 0.1) is 0 Å². The lowest BCUT2D eigenvalue weighted by atomic mass is 10.00. The van der Waals surface area contributed by atoms with Gasteiger partial charge in [0.15, 0.2) is 0 Å². The highest BCUT2D eigenvalue weighted by atomic mass is 32.2. The second kappa shape index (κ2) is 8.81. The first kappa shape index (κ1) is 22.4. The fraction of sp³-hybridized carbons (Fsp3) is 0.136. The van der Waals surface area contributed by atoms with Crippen LogP contribution in [0.5, 0.6) is 0 Å². The van der Waals surface area contributed by atoms with Crippen molar-refractivity contribution in [2.24, 2.45) is 0 Å². The Balaban J connectivity index is 1.74. The molecular weight excluding hydrogens is 431 g/mol. The molecule has 0 bridgehead atoms. The topological polar surface area (TPSA) is 83.5 Å². The van der Waals surface area contributed by atoms with Crippen molar-refractivity contribution in [1.82, 2.24) is 0 Å². The molecule has 0 fully saturated rings. The molecule has 0 heterocycles. The SMILES string of the molecule is O=C(O)c1ccccc1CCc1cccc(NS(=O)(=O)c2ccc(C(F)(F)F)cc2)c1. The quantitative estimate of drug-likeness (QED) is 0.532. The molecular formula is C22H18F3NO4S. The lowest BCUT2D eigenvalue weighted by Crippen LogP contribution is -2.14. The van der Waals surface area contributed by atoms with Crippen LogP contribution in [0.1, 0.15) is 27.0 Å². The number of aromatic carboxylic acids is 1. The van der Waals surface area contributed by atoms with E-state index in [0.29, 0.717) is 30.5 Å². The maximum absolute atomic E-state index is 12.7. The summed E-state index contributed by atoms with van der Waals surface area (Å²) < 4.78 is 65.4. The van der Waals surface area contributed by atoms with Crippen LogP contribution in [0.3, 0.4) is 0 Å². The van der Waals surface area contributed by atoms with Gasteiger partial charge >= 0.3 is 12.1 Å². The Bertz CT molecular complexity index is 1190. The molecule has 162 valence electrons. The first-order valence-corrected chi connectivity index (χ1v) is 10.6. The molecule has 0 spiro atoms. The molecule has 0 saturated carbocycles. The molecule has 5 nitrogen and oxygen atoms in total. The van der Waals surface area contributed by atoms with Crippen molar-refractivity contribution in [1.29, 1.82) is 0 Å². The summed E-state index contributed by atoms with van der Waals surface area (Å²) in [6.07, 6.45) is -3.64. The van der Waals surface area contributed by atoms with E-state index in [4.69, 9.17) is 0 Å². The first-order chi connectivity index (χ1) is 14.6. The molecule has 3 rings (SSSR count). The zero-order valence-electron chi connectivity index (χ0n) is 16.1. The Kier molecular flexibility index (Phi) is 6.35. The van der Waals surface area contributed by atoms with Crippen LogP contribution in [-0.2, 0) is 29.0 Å². The maximum atomic E-state index is 12.7. The van der Waals surface area contributed by atoms with Gasteiger partial charge in [0.1, 0.15) is 0 Å². The summed E-state index contributed by atoms with van der Waals surface area (Å²) in [5, 5.41) is 9.27. The minimum atomic E-state index is -4.55. The number of hydrogen-bond acceptors (Lipinski definition) is 3. The van der Waals surface area contributed by atoms with E-state index in [9.17, 15) is 31.5 Å². The molecule has 0 unspecified atom stereocenters. The largest absolute Gasteiger partial charge is 0.478 e. The van der Waals surface area contributed by atoms with E-state index >= 15 is 0 Å². The smallest absolute Gasteiger partial charge is 0.416 e. The minimum Gasteiger partial charge on any atom is -0.478 e. The predicted molar refractivity (Wildman–Crippen MR) is 110 cm³/mol. The fourth-order valence-electron chi connectivity index (χ4n) is 3.05. The van der Waals surface area contributed by atoms with Gasteiger partial charge in [-0.1, -0.05) is 30.3 Å². The monoisotopic (exact) mass is 449 g/mol. The van der Waals surface area contributed by atoms with Gasteiger partial charge < -0.3 is 5.11 Å². The van der Waals surface area contributed by atoms with Gasteiger partial charge in [-0.3, -0.25) is 4.72 Å². The number of halogens is 3. The average Bonchev–Trinajstić information content (AvgIpc) is 2.72. The zero-order valence-corrected chi connectivity index (χ0v) is 16.9. The third-order valence-electron chi connectivity index (χ3n) is 4.60. The van der Waals surface area contributed by atoms with E-state index in [0.717, 1.165) is 17.7 Å². The van der Waals surface area contributed by atoms with Crippen molar-refractivity contribution in [3.63, 3.8) is 0 Å². The minimum absolute atomic E-state index is 0.210. The van der Waals surface area contributed by atoms with E-state index in [-0.39, 0.29) is 16.1 Å². The summed E-state index contributed by atoms with van der Waals surface area (Å²) in [5.41, 5.74) is 0.958. The molecule has 3 aromatic carbocycles. The number of nitrogens with one attached hydrogen (secondary N) is 1. The summed E-state index contributed by atoms with van der Waals surface area (Å²) in [6, 6.07) is 16.4. The first-order valence-electron chi connectivity index (χ1n) is 9.16. The number of carboxylic acid groups (broad SMARTS) is 1. The number of benzene rings is 3. The van der Waals surface area contributed by atoms with Gasteiger partial charge in [0.25, 0.3) is 10.0 Å². The molecule has 0 aromatic heterocycles. The number of sulfonamides is 1. The standard InChI is InChI=1S/C22H18F3NO4S/c23-22(24,25)17-10-12-19(13-11-17)31(29,30)26-18-6-3-4-15(14-18)8-9-16-5-1-2-7-20(16)21(27)28/h1-7,10-14,26H,8-9H2,(H,27,28). The van der Waals surface area contributed by atoms with Crippen LogP contribution in [0.15, 0.2) is 77.7 Å². The Hall–Kier alpha value is -3.33. The van der Waals surface area contributed by atoms with Crippen LogP contribution in [0.25, 0.3) is 0 Å². The summed E-state index contributed by atoms with van der Waals surface area (Å²) in [4.78, 5) is 11.0. The van der Waals surface area contributed by atoms with Crippen LogP contribution < -0.4 is 4.72 Å². The highest BCUT2D eigenvalue weighted by Crippen LogP contribution is 2.30. The van der Waals surface area contributed by atoms with Crippen LogP contribution in [-0.4, -0.2) is 19.5 Å². The lowest BCUT2D eigenvalue weighted by Gasteiger charge is -2.11. The second-order valence-electron chi connectivity index (χ2n) is 6.79. The van der Waals surface area contributed by atoms with Crippen LogP contribution in [0.2, 0.25) is 0 Å². The number of anilines is 1. The predicted octanol–water partition coefficient (Wildman–Crippen LogP) is 4.99. The molecule has 2 N–H and O–H groups in total. The van der Waals surface area contributed by atoms with E-state index in [1.807, 2.05) is 0 Å². The Morgan fingerprint density at radius 2 is 1.58 bits per heavy atom. The summed E-state index contributed by atoms with van der Waals surface area (Å²) in [6.45, 7) is 0. The fourth-order valence-corrected chi connectivity index (χ4v) is 4.10. The third kappa shape index (κ3) is 5.64. The Labute approximate surface area is 177 Å². The van der Waals surface area contributed by atoms with Gasteiger partial charge in [0.05, 0.1) is 16.0 Å². The number of aryl methyl sites for hydroxylation is 2. The molecule has 9 heteroatoms. The van der Waals surface area contributed by atoms with Crippen LogP contribution >= 0.6 is 0 Å². The number of carbonyl (C=O) groups is 1. The molecule has 0 radical (unpaired) electrons. The van der Waals surface area contributed by atoms with Gasteiger partial charge in [0.2, 0.25) is 0 Å². The molecule has 0 atom stereocenters. The van der Waals surface area contributed by atoms with E-state index in [1.54, 1.807) is 36.4 Å². The number of hydrogen-bond donors (Lipinski definition) is 2. The van der Waals surface area contributed by atoms with E-state index in [1.165, 1.54) is 12.1 Å². The second-order valence-corrected chi connectivity index (χ2v) is 8.47. The number of carboxylic acids is 1. The Morgan fingerprint density at radius 3 is 2.23 bits per heavy atom. The van der Waals surface area contributed by atoms with Crippen LogP contribution in [0.4, 0.5) is 18.9 Å². The average molecular weight is 449 g/mol. The Morgan fingerprint density at radius 1 is 0.903 bits per heavy atom. The maximum Gasteiger partial charge on any atom is 0.416 e. The molecule has 0 saturated heterocycles. The normalized spacial score (nSPS) is 11.8. The zero-order chi connectivity index (χ0) is 22.6. The summed E-state index contributed by atoms with van der Waals surface area (Å²) in [7, 11) is -4.07. The van der Waals surface area contributed by atoms with Crippen molar-refractivity contribution < 1.29 is 31.5 Å². The number of rotatable bonds is 7. The lowest BCUT2D eigenvalue weighted by molar-refractivity contribution is -0.137. The molecule has 0 aliphatic heterocycles. The van der Waals surface area contributed by atoms with E-state index < -0.39 is 27.7 Å². The molecule has 0 amide bonds. The van der Waals surface area contributed by atoms with Crippen molar-refractivity contribution in [3.8, 4) is 0 Å². The molecule has 3 aromatic rings. The van der Waals surface area contributed by atoms with Gasteiger partial charge in [-0.2, -0.15) is 13.2 Å². The summed E-state index contributed by atoms with van der Waals surface area (Å²) >= 11 is 0. The summed E-state index contributed by atoms with van der Waals surface area (Å²) in [5.74, 6) is -1.02. The molecule has 0 aliphatic rings. The van der Waals surface area contributed by atoms with Gasteiger partial charge in [0, 0.05) is 5.69 Å². The van der Waals surface area contributed by atoms with Crippen molar-refractivity contribution in [2.45, 2.75) is 23.9 Å². The van der Waals surface area contributed by atoms with Crippen molar-refractivity contribution >= 4 is 21.7 Å². The van der Waals surface area contributed by atoms with Gasteiger partial charge in [-0.25, -0.2) is 13.2 Å². The molecule has 31 heavy (non-hydrogen) atoms. The highest BCUT2D eigenvalue weighted by molar-refractivity contribution is 7.92. The van der Waals surface area contributed by atoms with Crippen molar-refractivity contribution in [3.05, 3.63) is 95.1 Å². The third-order valence-corrected chi connectivity index (χ3v) is 6.00. The van der Waals surface area contributed by atoms with Gasteiger partial charge in [-0.05, 0) is 66.4 Å². The van der Waals surface area contributed by atoms with Gasteiger partial charge in [-0.15, -0.1) is 0 Å². The highest BCUT2D eigenvalue weighted by Gasteiger charge is 2.30. The number of alkyl halides is 3.